The van der Waals surface area contributed by atoms with Crippen LogP contribution in [0.2, 0.25) is 0 Å². The number of ether oxygens (including phenoxy) is 3. The highest BCUT2D eigenvalue weighted by atomic mass is 17.3. The molecular formula is C31H44N2O10. The molecule has 1 aliphatic carbocycles. The van der Waals surface area contributed by atoms with Crippen LogP contribution in [0.25, 0.3) is 0 Å². The predicted molar refractivity (Wildman–Crippen MR) is 151 cm³/mol. The molecule has 2 amide bonds. The zero-order valence-electron chi connectivity index (χ0n) is 25.1. The van der Waals surface area contributed by atoms with Crippen molar-refractivity contribution < 1.29 is 48.6 Å². The second-order valence-electron chi connectivity index (χ2n) is 12.6. The van der Waals surface area contributed by atoms with Crippen molar-refractivity contribution in [3.8, 4) is 11.5 Å². The van der Waals surface area contributed by atoms with Crippen molar-refractivity contribution in [3.05, 3.63) is 23.8 Å². The normalized spacial score (nSPS) is 34.5. The van der Waals surface area contributed by atoms with Crippen LogP contribution >= 0.6 is 0 Å². The molecule has 0 aromatic heterocycles. The highest BCUT2D eigenvalue weighted by Crippen LogP contribution is 2.60. The fourth-order valence-corrected chi connectivity index (χ4v) is 7.14. The molecule has 4 saturated heterocycles. The van der Waals surface area contributed by atoms with Crippen LogP contribution in [0.3, 0.4) is 0 Å². The van der Waals surface area contributed by atoms with E-state index in [4.69, 9.17) is 24.0 Å². The standard InChI is InChI=1S/C31H44N2O10/c1-18-6-8-22-19(2)28(40-29-31(22)21(18)12-14-30(3,41-29)42-43-31)39-27(38)11-10-26(37)32-15-4-5-25(36)33-16-13-20-7-9-23(34)24(35)17-20/h7,9,17-19,21-22,28-29,34-35H,4-6,8,10-16H2,1-3H3,(H,32,37)(H,33,36)/t18-,19?,21+,22?,28?,29+,30?,31?/m1/s1. The molecule has 4 N–H and O–H groups in total. The number of esters is 1. The van der Waals surface area contributed by atoms with Gasteiger partial charge in [-0.2, -0.15) is 0 Å². The number of rotatable bonds is 11. The van der Waals surface area contributed by atoms with Crippen LogP contribution in [0.4, 0.5) is 0 Å². The van der Waals surface area contributed by atoms with Crippen LogP contribution in [0.1, 0.15) is 77.7 Å². The highest BCUT2D eigenvalue weighted by Gasteiger charge is 2.69. The van der Waals surface area contributed by atoms with Gasteiger partial charge in [0.1, 0.15) is 0 Å². The lowest BCUT2D eigenvalue weighted by Gasteiger charge is -2.59. The molecule has 0 radical (unpaired) electrons. The first-order chi connectivity index (χ1) is 20.5. The molecule has 6 rings (SSSR count). The number of hydrogen-bond donors (Lipinski definition) is 4. The Kier molecular flexibility index (Phi) is 9.50. The fraction of sp³-hybridized carbons (Fsp3) is 0.710. The lowest BCUT2D eigenvalue weighted by molar-refractivity contribution is -0.576. The van der Waals surface area contributed by atoms with Crippen LogP contribution in [-0.4, -0.2) is 65.1 Å². The number of fused-ring (bicyclic) bond motifs is 2. The van der Waals surface area contributed by atoms with Gasteiger partial charge in [-0.15, -0.1) is 0 Å². The Hall–Kier alpha value is -2.93. The zero-order valence-corrected chi connectivity index (χ0v) is 25.1. The van der Waals surface area contributed by atoms with E-state index in [2.05, 4.69) is 17.6 Å². The summed E-state index contributed by atoms with van der Waals surface area (Å²) in [6.45, 7) is 6.78. The molecule has 1 aromatic carbocycles. The third-order valence-corrected chi connectivity index (χ3v) is 9.58. The summed E-state index contributed by atoms with van der Waals surface area (Å²) in [6.07, 6.45) is 3.09. The van der Waals surface area contributed by atoms with Gasteiger partial charge in [0.05, 0.1) is 6.42 Å². The predicted octanol–water partition coefficient (Wildman–Crippen LogP) is 3.18. The highest BCUT2D eigenvalue weighted by molar-refractivity contribution is 5.81. The summed E-state index contributed by atoms with van der Waals surface area (Å²) in [5.74, 6) is -1.73. The Balaban J connectivity index is 1.01. The van der Waals surface area contributed by atoms with Gasteiger partial charge in [0, 0.05) is 44.2 Å². The molecule has 4 aliphatic heterocycles. The molecule has 1 saturated carbocycles. The number of nitrogens with one attached hydrogen (secondary N) is 2. The molecular weight excluding hydrogens is 560 g/mol. The average Bonchev–Trinajstić information content (AvgIpc) is 3.20. The van der Waals surface area contributed by atoms with Gasteiger partial charge in [0.25, 0.3) is 0 Å². The minimum Gasteiger partial charge on any atom is -0.504 e. The van der Waals surface area contributed by atoms with Crippen LogP contribution in [0, 0.1) is 23.7 Å². The molecule has 8 atom stereocenters. The van der Waals surface area contributed by atoms with Crippen molar-refractivity contribution in [1.82, 2.24) is 10.6 Å². The van der Waals surface area contributed by atoms with Crippen LogP contribution in [0.5, 0.6) is 11.5 Å². The number of amides is 2. The molecule has 12 heteroatoms. The lowest BCUT2D eigenvalue weighted by Crippen LogP contribution is -2.70. The van der Waals surface area contributed by atoms with E-state index in [-0.39, 0.29) is 60.3 Å². The van der Waals surface area contributed by atoms with E-state index in [1.165, 1.54) is 12.1 Å². The summed E-state index contributed by atoms with van der Waals surface area (Å²) in [4.78, 5) is 49.0. The summed E-state index contributed by atoms with van der Waals surface area (Å²) >= 11 is 0. The van der Waals surface area contributed by atoms with Crippen molar-refractivity contribution in [1.29, 1.82) is 0 Å². The summed E-state index contributed by atoms with van der Waals surface area (Å²) < 4.78 is 18.3. The number of aromatic hydroxyl groups is 2. The topological polar surface area (TPSA) is 162 Å². The summed E-state index contributed by atoms with van der Waals surface area (Å²) in [6, 6.07) is 4.53. The van der Waals surface area contributed by atoms with Gasteiger partial charge in [-0.25, -0.2) is 9.78 Å². The molecule has 4 heterocycles. The molecule has 43 heavy (non-hydrogen) atoms. The third kappa shape index (κ3) is 6.77. The number of carbonyl (C=O) groups is 3. The molecule has 5 fully saturated rings. The van der Waals surface area contributed by atoms with Gasteiger partial charge in [0.2, 0.25) is 23.9 Å². The van der Waals surface area contributed by atoms with Crippen molar-refractivity contribution in [2.24, 2.45) is 23.7 Å². The molecule has 238 valence electrons. The minimum atomic E-state index is -0.913. The number of phenolic OH excluding ortho intramolecular Hbond substituents is 2. The van der Waals surface area contributed by atoms with E-state index in [0.29, 0.717) is 38.3 Å². The number of benzene rings is 1. The largest absolute Gasteiger partial charge is 0.504 e. The first-order valence-electron chi connectivity index (χ1n) is 15.4. The van der Waals surface area contributed by atoms with Crippen LogP contribution in [0.15, 0.2) is 18.2 Å². The van der Waals surface area contributed by atoms with E-state index in [0.717, 1.165) is 24.8 Å². The molecule has 1 spiro atoms. The van der Waals surface area contributed by atoms with Gasteiger partial charge >= 0.3 is 5.97 Å². The van der Waals surface area contributed by atoms with Crippen molar-refractivity contribution >= 4 is 17.8 Å². The van der Waals surface area contributed by atoms with Gasteiger partial charge < -0.3 is 35.1 Å². The van der Waals surface area contributed by atoms with Gasteiger partial charge in [0.15, 0.2) is 23.4 Å². The zero-order chi connectivity index (χ0) is 30.8. The fourth-order valence-electron chi connectivity index (χ4n) is 7.14. The maximum Gasteiger partial charge on any atom is 0.308 e. The monoisotopic (exact) mass is 604 g/mol. The van der Waals surface area contributed by atoms with Crippen LogP contribution < -0.4 is 10.6 Å². The molecule has 2 bridgehead atoms. The maximum absolute atomic E-state index is 12.7. The Morgan fingerprint density at radius 2 is 1.72 bits per heavy atom. The van der Waals surface area contributed by atoms with Crippen LogP contribution in [-0.2, 0) is 44.8 Å². The second kappa shape index (κ2) is 13.0. The quantitative estimate of drug-likeness (QED) is 0.128. The van der Waals surface area contributed by atoms with Gasteiger partial charge in [-0.3, -0.25) is 14.4 Å². The lowest BCUT2D eigenvalue weighted by atomic mass is 9.58. The van der Waals surface area contributed by atoms with Crippen molar-refractivity contribution in [2.75, 3.05) is 13.1 Å². The minimum absolute atomic E-state index is 0.0342. The molecule has 12 nitrogen and oxygen atoms in total. The molecule has 1 aromatic rings. The Morgan fingerprint density at radius 3 is 2.51 bits per heavy atom. The third-order valence-electron chi connectivity index (χ3n) is 9.58. The van der Waals surface area contributed by atoms with Gasteiger partial charge in [-0.1, -0.05) is 19.9 Å². The smallest absolute Gasteiger partial charge is 0.308 e. The molecule has 5 aliphatic rings. The Labute approximate surface area is 251 Å². The van der Waals surface area contributed by atoms with E-state index in [1.54, 1.807) is 6.07 Å². The first kappa shape index (κ1) is 31.5. The number of phenols is 2. The Morgan fingerprint density at radius 1 is 0.953 bits per heavy atom. The number of carbonyl (C=O) groups excluding carboxylic acids is 3. The average molecular weight is 605 g/mol. The molecule has 5 unspecified atom stereocenters. The second-order valence-corrected chi connectivity index (χ2v) is 12.6. The summed E-state index contributed by atoms with van der Waals surface area (Å²) in [7, 11) is 0. The summed E-state index contributed by atoms with van der Waals surface area (Å²) in [5.41, 5.74) is 0.0543. The van der Waals surface area contributed by atoms with Crippen molar-refractivity contribution in [3.63, 3.8) is 0 Å². The van der Waals surface area contributed by atoms with Gasteiger partial charge in [-0.05, 0) is 68.6 Å². The first-order valence-corrected chi connectivity index (χ1v) is 15.4. The maximum atomic E-state index is 12.7. The van der Waals surface area contributed by atoms with Crippen molar-refractivity contribution in [2.45, 2.75) is 103 Å². The van der Waals surface area contributed by atoms with E-state index in [1.807, 2.05) is 13.8 Å². The van der Waals surface area contributed by atoms with E-state index >= 15 is 0 Å². The number of hydrogen-bond acceptors (Lipinski definition) is 10. The summed E-state index contributed by atoms with van der Waals surface area (Å²) in [5, 5.41) is 24.4. The Bertz CT molecular complexity index is 1200. The van der Waals surface area contributed by atoms with E-state index < -0.39 is 29.9 Å². The van der Waals surface area contributed by atoms with E-state index in [9.17, 15) is 24.6 Å². The SMILES string of the molecule is CC1C(OC(=O)CCC(=O)NCCCC(=O)NCCc2ccc(O)c(O)c2)O[C@H]2OC3(C)CC[C@H]4[C@H](C)CCC1C24OO3.